The highest BCUT2D eigenvalue weighted by Gasteiger charge is 2.09. The fourth-order valence-corrected chi connectivity index (χ4v) is 2.25. The first-order chi connectivity index (χ1) is 9.06. The molecule has 100 valence electrons. The zero-order valence-corrected chi connectivity index (χ0v) is 12.9. The molecule has 2 N–H and O–H groups in total. The smallest absolute Gasteiger partial charge is 0.124 e. The van der Waals surface area contributed by atoms with Crippen molar-refractivity contribution in [3.05, 3.63) is 63.1 Å². The Labute approximate surface area is 126 Å². The first-order valence-electron chi connectivity index (χ1n) is 5.98. The molecule has 0 spiro atoms. The molecule has 0 amide bonds. The first kappa shape index (κ1) is 14.4. The van der Waals surface area contributed by atoms with E-state index in [1.807, 2.05) is 49.4 Å². The van der Waals surface area contributed by atoms with Crippen LogP contribution < -0.4 is 10.5 Å². The van der Waals surface area contributed by atoms with Gasteiger partial charge in [-0.3, -0.25) is 0 Å². The quantitative estimate of drug-likeness (QED) is 0.875. The molecule has 0 heterocycles. The van der Waals surface area contributed by atoms with Gasteiger partial charge in [-0.2, -0.15) is 0 Å². The van der Waals surface area contributed by atoms with Crippen molar-refractivity contribution >= 4 is 27.5 Å². The average Bonchev–Trinajstić information content (AvgIpc) is 2.39. The number of halogens is 2. The van der Waals surface area contributed by atoms with Crippen LogP contribution in [0, 0.1) is 0 Å². The molecule has 2 nitrogen and oxygen atoms in total. The van der Waals surface area contributed by atoms with Gasteiger partial charge in [-0.05, 0) is 42.8 Å². The monoisotopic (exact) mass is 339 g/mol. The van der Waals surface area contributed by atoms with E-state index in [9.17, 15) is 0 Å². The van der Waals surface area contributed by atoms with Gasteiger partial charge in [0, 0.05) is 21.1 Å². The van der Waals surface area contributed by atoms with E-state index < -0.39 is 0 Å². The number of benzene rings is 2. The molecule has 0 bridgehead atoms. The second-order valence-corrected chi connectivity index (χ2v) is 5.74. The van der Waals surface area contributed by atoms with Crippen molar-refractivity contribution in [2.75, 3.05) is 0 Å². The summed E-state index contributed by atoms with van der Waals surface area (Å²) in [7, 11) is 0. The van der Waals surface area contributed by atoms with Crippen LogP contribution in [0.2, 0.25) is 5.02 Å². The zero-order valence-electron chi connectivity index (χ0n) is 10.6. The van der Waals surface area contributed by atoms with Gasteiger partial charge in [-0.1, -0.05) is 39.7 Å². The van der Waals surface area contributed by atoms with Crippen LogP contribution in [0.3, 0.4) is 0 Å². The van der Waals surface area contributed by atoms with Gasteiger partial charge in [0.25, 0.3) is 0 Å². The Morgan fingerprint density at radius 3 is 2.53 bits per heavy atom. The Hall–Kier alpha value is -1.03. The van der Waals surface area contributed by atoms with Crippen LogP contribution in [-0.2, 0) is 6.61 Å². The molecule has 0 aliphatic carbocycles. The van der Waals surface area contributed by atoms with Gasteiger partial charge in [-0.15, -0.1) is 0 Å². The van der Waals surface area contributed by atoms with Crippen LogP contribution >= 0.6 is 27.5 Å². The Morgan fingerprint density at radius 2 is 1.89 bits per heavy atom. The van der Waals surface area contributed by atoms with Crippen molar-refractivity contribution in [3.63, 3.8) is 0 Å². The Balaban J connectivity index is 2.13. The maximum Gasteiger partial charge on any atom is 0.124 e. The molecule has 0 saturated carbocycles. The lowest BCUT2D eigenvalue weighted by Gasteiger charge is -2.14. The summed E-state index contributed by atoms with van der Waals surface area (Å²) in [6.07, 6.45) is 0. The predicted molar refractivity (Wildman–Crippen MR) is 82.5 cm³/mol. The molecule has 0 radical (unpaired) electrons. The van der Waals surface area contributed by atoms with Crippen molar-refractivity contribution in [2.45, 2.75) is 19.6 Å². The number of hydrogen-bond donors (Lipinski definition) is 1. The van der Waals surface area contributed by atoms with Gasteiger partial charge >= 0.3 is 0 Å². The fourth-order valence-electron chi connectivity index (χ4n) is 1.75. The van der Waals surface area contributed by atoms with E-state index in [1.165, 1.54) is 0 Å². The Morgan fingerprint density at radius 1 is 1.21 bits per heavy atom. The van der Waals surface area contributed by atoms with Gasteiger partial charge < -0.3 is 10.5 Å². The molecular weight excluding hydrogens is 326 g/mol. The van der Waals surface area contributed by atoms with Crippen molar-refractivity contribution < 1.29 is 4.74 Å². The Bertz CT molecular complexity index is 555. The molecule has 1 atom stereocenters. The lowest BCUT2D eigenvalue weighted by atomic mass is 10.1. The summed E-state index contributed by atoms with van der Waals surface area (Å²) >= 11 is 9.29. The molecular formula is C15H15BrClNO. The molecule has 0 fully saturated rings. The molecule has 0 unspecified atom stereocenters. The standard InChI is InChI=1S/C15H15BrClNO/c1-10(18)14-8-12(16)4-7-15(14)19-9-11-2-5-13(17)6-3-11/h2-8,10H,9,18H2,1H3/t10-/m0/s1. The highest BCUT2D eigenvalue weighted by atomic mass is 79.9. The maximum absolute atomic E-state index is 5.95. The van der Waals surface area contributed by atoms with Crippen LogP contribution in [-0.4, -0.2) is 0 Å². The maximum atomic E-state index is 5.95. The Kier molecular flexibility index (Phi) is 4.86. The minimum atomic E-state index is -0.0716. The van der Waals surface area contributed by atoms with Crippen LogP contribution in [0.1, 0.15) is 24.1 Å². The van der Waals surface area contributed by atoms with Crippen LogP contribution in [0.4, 0.5) is 0 Å². The largest absolute Gasteiger partial charge is 0.489 e. The fraction of sp³-hybridized carbons (Fsp3) is 0.200. The van der Waals surface area contributed by atoms with Crippen molar-refractivity contribution in [2.24, 2.45) is 5.73 Å². The third-order valence-electron chi connectivity index (χ3n) is 2.77. The van der Waals surface area contributed by atoms with E-state index in [1.54, 1.807) is 0 Å². The summed E-state index contributed by atoms with van der Waals surface area (Å²) < 4.78 is 6.83. The minimum Gasteiger partial charge on any atom is -0.489 e. The van der Waals surface area contributed by atoms with Crippen molar-refractivity contribution in [3.8, 4) is 5.75 Å². The van der Waals surface area contributed by atoms with Gasteiger partial charge in [0.05, 0.1) is 0 Å². The van der Waals surface area contributed by atoms with E-state index in [0.29, 0.717) is 6.61 Å². The summed E-state index contributed by atoms with van der Waals surface area (Å²) in [6.45, 7) is 2.44. The second kappa shape index (κ2) is 6.42. The predicted octanol–water partition coefficient (Wildman–Crippen LogP) is 4.70. The molecule has 0 aliphatic heterocycles. The van der Waals surface area contributed by atoms with E-state index >= 15 is 0 Å². The van der Waals surface area contributed by atoms with Crippen molar-refractivity contribution in [1.82, 2.24) is 0 Å². The van der Waals surface area contributed by atoms with E-state index in [2.05, 4.69) is 15.9 Å². The van der Waals surface area contributed by atoms with Gasteiger partial charge in [0.1, 0.15) is 12.4 Å². The molecule has 0 aromatic heterocycles. The SMILES string of the molecule is C[C@H](N)c1cc(Br)ccc1OCc1ccc(Cl)cc1. The van der Waals surface area contributed by atoms with E-state index in [-0.39, 0.29) is 6.04 Å². The molecule has 2 aromatic rings. The third-order valence-corrected chi connectivity index (χ3v) is 3.52. The lowest BCUT2D eigenvalue weighted by Crippen LogP contribution is -2.08. The van der Waals surface area contributed by atoms with Gasteiger partial charge in [-0.25, -0.2) is 0 Å². The van der Waals surface area contributed by atoms with Crippen LogP contribution in [0.5, 0.6) is 5.75 Å². The molecule has 0 saturated heterocycles. The molecule has 4 heteroatoms. The molecule has 19 heavy (non-hydrogen) atoms. The summed E-state index contributed by atoms with van der Waals surface area (Å²) in [5.74, 6) is 0.813. The summed E-state index contributed by atoms with van der Waals surface area (Å²) in [5.41, 5.74) is 8.02. The number of rotatable bonds is 4. The van der Waals surface area contributed by atoms with Crippen LogP contribution in [0.15, 0.2) is 46.9 Å². The topological polar surface area (TPSA) is 35.2 Å². The highest BCUT2D eigenvalue weighted by molar-refractivity contribution is 9.10. The molecule has 2 rings (SSSR count). The number of hydrogen-bond acceptors (Lipinski definition) is 2. The molecule has 0 aliphatic rings. The zero-order chi connectivity index (χ0) is 13.8. The molecule has 2 aromatic carbocycles. The number of ether oxygens (including phenoxy) is 1. The lowest BCUT2D eigenvalue weighted by molar-refractivity contribution is 0.301. The number of nitrogens with two attached hydrogens (primary N) is 1. The average molecular weight is 341 g/mol. The third kappa shape index (κ3) is 3.96. The summed E-state index contributed by atoms with van der Waals surface area (Å²) in [5, 5.41) is 0.726. The van der Waals surface area contributed by atoms with Crippen LogP contribution in [0.25, 0.3) is 0 Å². The second-order valence-electron chi connectivity index (χ2n) is 4.39. The summed E-state index contributed by atoms with van der Waals surface area (Å²) in [6, 6.07) is 13.4. The highest BCUT2D eigenvalue weighted by Crippen LogP contribution is 2.28. The van der Waals surface area contributed by atoms with Gasteiger partial charge in [0.15, 0.2) is 0 Å². The van der Waals surface area contributed by atoms with E-state index in [0.717, 1.165) is 26.4 Å². The summed E-state index contributed by atoms with van der Waals surface area (Å²) in [4.78, 5) is 0. The first-order valence-corrected chi connectivity index (χ1v) is 7.15. The van der Waals surface area contributed by atoms with Gasteiger partial charge in [0.2, 0.25) is 0 Å². The van der Waals surface area contributed by atoms with Crippen molar-refractivity contribution in [1.29, 1.82) is 0 Å². The normalized spacial score (nSPS) is 12.2. The van der Waals surface area contributed by atoms with E-state index in [4.69, 9.17) is 22.1 Å². The minimum absolute atomic E-state index is 0.0716.